The number of anilines is 1. The lowest BCUT2D eigenvalue weighted by molar-refractivity contribution is -0.385. The molecule has 0 aliphatic rings. The van der Waals surface area contributed by atoms with Crippen molar-refractivity contribution in [2.24, 2.45) is 0 Å². The molecule has 168 valence electrons. The van der Waals surface area contributed by atoms with Crippen molar-refractivity contribution >= 4 is 27.3 Å². The van der Waals surface area contributed by atoms with Gasteiger partial charge >= 0.3 is 0 Å². The number of methoxy groups -OCH3 is 1. The van der Waals surface area contributed by atoms with Crippen LogP contribution in [0, 0.1) is 15.9 Å². The van der Waals surface area contributed by atoms with E-state index in [0.717, 1.165) is 12.1 Å². The molecule has 0 heterocycles. The number of ether oxygens (including phenoxy) is 2. The number of carbonyl (C=O) groups is 1. The molecule has 0 unspecified atom stereocenters. The molecule has 0 aliphatic heterocycles. The molecule has 0 saturated heterocycles. The van der Waals surface area contributed by atoms with Crippen LogP contribution in [0.15, 0.2) is 41.3 Å². The molecule has 0 aliphatic carbocycles. The fourth-order valence-corrected chi connectivity index (χ4v) is 4.19. The minimum absolute atomic E-state index is 0.0327. The molecule has 10 nitrogen and oxygen atoms in total. The standard InChI is InChI=1S/C19H22FN3O7S/c1-4-22(5-2)31(27,28)14-7-9-18(29-3)16(11-14)21-19(24)12-30-17-8-6-13(23(25)26)10-15(17)20/h6-11H,4-5,12H2,1-3H3,(H,21,24). The Morgan fingerprint density at radius 1 is 1.16 bits per heavy atom. The third kappa shape index (κ3) is 5.67. The molecule has 12 heteroatoms. The van der Waals surface area contributed by atoms with Gasteiger partial charge in [0, 0.05) is 19.2 Å². The van der Waals surface area contributed by atoms with Crippen molar-refractivity contribution in [3.05, 3.63) is 52.3 Å². The van der Waals surface area contributed by atoms with Crippen molar-refractivity contribution in [2.45, 2.75) is 18.7 Å². The maximum atomic E-state index is 13.9. The lowest BCUT2D eigenvalue weighted by atomic mass is 10.3. The molecule has 2 aromatic carbocycles. The first-order chi connectivity index (χ1) is 14.6. The zero-order chi connectivity index (χ0) is 23.2. The van der Waals surface area contributed by atoms with E-state index in [1.165, 1.54) is 29.6 Å². The van der Waals surface area contributed by atoms with E-state index in [2.05, 4.69) is 5.32 Å². The van der Waals surface area contributed by atoms with Gasteiger partial charge in [-0.2, -0.15) is 4.31 Å². The first-order valence-corrected chi connectivity index (χ1v) is 10.6. The molecule has 2 rings (SSSR count). The Hall–Kier alpha value is -3.25. The third-order valence-electron chi connectivity index (χ3n) is 4.27. The summed E-state index contributed by atoms with van der Waals surface area (Å²) in [5.74, 6) is -1.83. The number of non-ortho nitro benzene ring substituents is 1. The van der Waals surface area contributed by atoms with Gasteiger partial charge in [0.05, 0.1) is 28.7 Å². The average molecular weight is 455 g/mol. The van der Waals surface area contributed by atoms with Crippen LogP contribution in [0.5, 0.6) is 11.5 Å². The minimum Gasteiger partial charge on any atom is -0.495 e. The monoisotopic (exact) mass is 455 g/mol. The van der Waals surface area contributed by atoms with Crippen molar-refractivity contribution in [1.29, 1.82) is 0 Å². The van der Waals surface area contributed by atoms with Crippen molar-refractivity contribution in [3.8, 4) is 11.5 Å². The summed E-state index contributed by atoms with van der Waals surface area (Å²) in [6.07, 6.45) is 0. The van der Waals surface area contributed by atoms with E-state index in [0.29, 0.717) is 6.07 Å². The summed E-state index contributed by atoms with van der Waals surface area (Å²) in [4.78, 5) is 22.1. The minimum atomic E-state index is -3.77. The lowest BCUT2D eigenvalue weighted by Crippen LogP contribution is -2.30. The van der Waals surface area contributed by atoms with E-state index >= 15 is 0 Å². The number of hydrogen-bond acceptors (Lipinski definition) is 7. The van der Waals surface area contributed by atoms with Gasteiger partial charge in [0.1, 0.15) is 5.75 Å². The average Bonchev–Trinajstić information content (AvgIpc) is 2.73. The normalized spacial score (nSPS) is 11.3. The predicted molar refractivity (Wildman–Crippen MR) is 110 cm³/mol. The molecular formula is C19H22FN3O7S. The Morgan fingerprint density at radius 2 is 1.81 bits per heavy atom. The smallest absolute Gasteiger partial charge is 0.272 e. The molecule has 0 aromatic heterocycles. The van der Waals surface area contributed by atoms with E-state index in [1.54, 1.807) is 13.8 Å². The molecule has 31 heavy (non-hydrogen) atoms. The van der Waals surface area contributed by atoms with E-state index in [-0.39, 0.29) is 35.2 Å². The second kappa shape index (κ2) is 10.2. The molecule has 0 spiro atoms. The van der Waals surface area contributed by atoms with Crippen LogP contribution in [-0.4, -0.2) is 50.4 Å². The second-order valence-electron chi connectivity index (χ2n) is 6.16. The Kier molecular flexibility index (Phi) is 7.89. The zero-order valence-electron chi connectivity index (χ0n) is 17.1. The van der Waals surface area contributed by atoms with Crippen molar-refractivity contribution < 1.29 is 32.0 Å². The number of carbonyl (C=O) groups excluding carboxylic acids is 1. The Labute approximate surface area is 178 Å². The quantitative estimate of drug-likeness (QED) is 0.431. The molecule has 1 amide bonds. The number of nitro groups is 1. The van der Waals surface area contributed by atoms with Crippen LogP contribution in [0.3, 0.4) is 0 Å². The zero-order valence-corrected chi connectivity index (χ0v) is 17.9. The van der Waals surface area contributed by atoms with Crippen LogP contribution in [0.25, 0.3) is 0 Å². The second-order valence-corrected chi connectivity index (χ2v) is 8.10. The molecule has 2 aromatic rings. The van der Waals surface area contributed by atoms with Crippen LogP contribution in [0.2, 0.25) is 0 Å². The lowest BCUT2D eigenvalue weighted by Gasteiger charge is -2.19. The van der Waals surface area contributed by atoms with Crippen molar-refractivity contribution in [2.75, 3.05) is 32.1 Å². The number of rotatable bonds is 10. The SMILES string of the molecule is CCN(CC)S(=O)(=O)c1ccc(OC)c(NC(=O)COc2ccc([N+](=O)[O-])cc2F)c1. The number of nitrogens with zero attached hydrogens (tertiary/aromatic N) is 2. The Morgan fingerprint density at radius 3 is 2.35 bits per heavy atom. The van der Waals surface area contributed by atoms with Gasteiger partial charge in [-0.3, -0.25) is 14.9 Å². The largest absolute Gasteiger partial charge is 0.495 e. The summed E-state index contributed by atoms with van der Waals surface area (Å²) in [7, 11) is -2.41. The van der Waals surface area contributed by atoms with Crippen LogP contribution >= 0.6 is 0 Å². The van der Waals surface area contributed by atoms with Crippen molar-refractivity contribution in [1.82, 2.24) is 4.31 Å². The fourth-order valence-electron chi connectivity index (χ4n) is 2.71. The highest BCUT2D eigenvalue weighted by Gasteiger charge is 2.23. The summed E-state index contributed by atoms with van der Waals surface area (Å²) >= 11 is 0. The van der Waals surface area contributed by atoms with Crippen LogP contribution in [0.4, 0.5) is 15.8 Å². The molecule has 1 N–H and O–H groups in total. The number of hydrogen-bond donors (Lipinski definition) is 1. The number of sulfonamides is 1. The molecule has 0 radical (unpaired) electrons. The van der Waals surface area contributed by atoms with Crippen LogP contribution in [-0.2, 0) is 14.8 Å². The van der Waals surface area contributed by atoms with Crippen LogP contribution < -0.4 is 14.8 Å². The Bertz CT molecular complexity index is 1070. The number of nitrogens with one attached hydrogen (secondary N) is 1. The molecule has 0 fully saturated rings. The summed E-state index contributed by atoms with van der Waals surface area (Å²) in [6, 6.07) is 6.79. The first-order valence-electron chi connectivity index (χ1n) is 9.18. The van der Waals surface area contributed by atoms with Gasteiger partial charge < -0.3 is 14.8 Å². The van der Waals surface area contributed by atoms with E-state index in [9.17, 15) is 27.7 Å². The van der Waals surface area contributed by atoms with E-state index in [1.807, 2.05) is 0 Å². The fraction of sp³-hybridized carbons (Fsp3) is 0.316. The maximum absolute atomic E-state index is 13.9. The van der Waals surface area contributed by atoms with Gasteiger partial charge in [0.25, 0.3) is 11.6 Å². The third-order valence-corrected chi connectivity index (χ3v) is 6.32. The predicted octanol–water partition coefficient (Wildman–Crippen LogP) is 2.79. The Balaban J connectivity index is 2.18. The summed E-state index contributed by atoms with van der Waals surface area (Å²) in [6.45, 7) is 3.36. The highest BCUT2D eigenvalue weighted by atomic mass is 32.2. The maximum Gasteiger partial charge on any atom is 0.272 e. The van der Waals surface area contributed by atoms with Gasteiger partial charge in [-0.1, -0.05) is 13.8 Å². The summed E-state index contributed by atoms with van der Waals surface area (Å²) in [5, 5.41) is 13.1. The first kappa shape index (κ1) is 24.0. The topological polar surface area (TPSA) is 128 Å². The number of nitro benzene ring substituents is 1. The molecular weight excluding hydrogens is 433 g/mol. The van der Waals surface area contributed by atoms with Gasteiger partial charge in [-0.25, -0.2) is 12.8 Å². The molecule has 0 saturated carbocycles. The van der Waals surface area contributed by atoms with Gasteiger partial charge in [-0.15, -0.1) is 0 Å². The molecule has 0 atom stereocenters. The van der Waals surface area contributed by atoms with E-state index < -0.39 is 39.0 Å². The van der Waals surface area contributed by atoms with Gasteiger partial charge in [-0.05, 0) is 24.3 Å². The van der Waals surface area contributed by atoms with Crippen LogP contribution in [0.1, 0.15) is 13.8 Å². The summed E-state index contributed by atoms with van der Waals surface area (Å²) < 4.78 is 50.8. The van der Waals surface area contributed by atoms with E-state index in [4.69, 9.17) is 9.47 Å². The van der Waals surface area contributed by atoms with Gasteiger partial charge in [0.2, 0.25) is 10.0 Å². The number of halogens is 1. The number of amides is 1. The highest BCUT2D eigenvalue weighted by Crippen LogP contribution is 2.29. The number of benzene rings is 2. The van der Waals surface area contributed by atoms with Crippen molar-refractivity contribution in [3.63, 3.8) is 0 Å². The summed E-state index contributed by atoms with van der Waals surface area (Å²) in [5.41, 5.74) is -0.362. The van der Waals surface area contributed by atoms with Gasteiger partial charge in [0.15, 0.2) is 18.2 Å². The highest BCUT2D eigenvalue weighted by molar-refractivity contribution is 7.89. The molecule has 0 bridgehead atoms.